The predicted molar refractivity (Wildman–Crippen MR) is 138 cm³/mol. The lowest BCUT2D eigenvalue weighted by atomic mass is 9.62. The molecule has 5 rings (SSSR count). The topological polar surface area (TPSA) is 59.4 Å². The molecule has 0 saturated carbocycles. The number of hydrogen-bond donors (Lipinski definition) is 1. The Bertz CT molecular complexity index is 1270. The lowest BCUT2D eigenvalue weighted by molar-refractivity contribution is -0.271. The minimum atomic E-state index is -4.91. The van der Waals surface area contributed by atoms with Crippen LogP contribution in [0.15, 0.2) is 67.0 Å². The molecule has 9 heteroatoms. The van der Waals surface area contributed by atoms with Crippen LogP contribution in [0.4, 0.5) is 13.2 Å². The van der Waals surface area contributed by atoms with Gasteiger partial charge in [-0.3, -0.25) is 9.48 Å². The van der Waals surface area contributed by atoms with Crippen LogP contribution in [0.25, 0.3) is 11.1 Å². The van der Waals surface area contributed by atoms with Crippen molar-refractivity contribution in [3.8, 4) is 11.1 Å². The number of carbonyl (C=O) groups excluding carboxylic acids is 1. The zero-order chi connectivity index (χ0) is 27.0. The highest BCUT2D eigenvalue weighted by Crippen LogP contribution is 2.51. The van der Waals surface area contributed by atoms with Crippen molar-refractivity contribution in [2.24, 2.45) is 12.5 Å². The average molecular weight is 527 g/mol. The molecule has 202 valence electrons. The molecular formula is C29H33F3N4O2. The number of benzene rings is 2. The maximum absolute atomic E-state index is 14.5. The average Bonchev–Trinajstić information content (AvgIpc) is 3.36. The van der Waals surface area contributed by atoms with E-state index < -0.39 is 17.7 Å². The maximum Gasteiger partial charge on any atom is 0.430 e. The smallest absolute Gasteiger partial charge is 0.356 e. The van der Waals surface area contributed by atoms with Gasteiger partial charge in [-0.2, -0.15) is 18.3 Å². The van der Waals surface area contributed by atoms with Crippen molar-refractivity contribution < 1.29 is 22.7 Å². The summed E-state index contributed by atoms with van der Waals surface area (Å²) in [6, 6.07) is 15.5. The van der Waals surface area contributed by atoms with Gasteiger partial charge in [-0.05, 0) is 42.3 Å². The molecule has 6 nitrogen and oxygen atoms in total. The first kappa shape index (κ1) is 26.4. The molecule has 2 aliphatic heterocycles. The Hall–Kier alpha value is -3.17. The number of alkyl halides is 3. The van der Waals surface area contributed by atoms with Gasteiger partial charge in [-0.15, -0.1) is 0 Å². The van der Waals surface area contributed by atoms with Gasteiger partial charge >= 0.3 is 6.18 Å². The highest BCUT2D eigenvalue weighted by atomic mass is 19.4. The van der Waals surface area contributed by atoms with E-state index in [2.05, 4.69) is 22.5 Å². The van der Waals surface area contributed by atoms with Crippen LogP contribution >= 0.6 is 0 Å². The monoisotopic (exact) mass is 526 g/mol. The number of halogens is 3. The molecule has 1 N–H and O–H groups in total. The number of piperidine rings is 2. The number of amides is 1. The van der Waals surface area contributed by atoms with Gasteiger partial charge in [0.2, 0.25) is 0 Å². The van der Waals surface area contributed by atoms with Gasteiger partial charge in [-0.1, -0.05) is 54.6 Å². The van der Waals surface area contributed by atoms with E-state index in [1.54, 1.807) is 10.7 Å². The third-order valence-electron chi connectivity index (χ3n) is 8.47. The summed E-state index contributed by atoms with van der Waals surface area (Å²) in [5.41, 5.74) is 0.00469. The summed E-state index contributed by atoms with van der Waals surface area (Å²) in [5, 5.41) is 7.87. The Morgan fingerprint density at radius 1 is 1.05 bits per heavy atom. The van der Waals surface area contributed by atoms with Crippen LogP contribution in [0, 0.1) is 5.41 Å². The quantitative estimate of drug-likeness (QED) is 0.515. The van der Waals surface area contributed by atoms with Crippen molar-refractivity contribution in [2.75, 3.05) is 33.3 Å². The lowest BCUT2D eigenvalue weighted by Gasteiger charge is -2.51. The van der Waals surface area contributed by atoms with Crippen LogP contribution in [-0.2, 0) is 22.2 Å². The molecule has 2 aliphatic rings. The molecule has 2 aromatic carbocycles. The maximum atomic E-state index is 14.5. The molecule has 0 aliphatic carbocycles. The van der Waals surface area contributed by atoms with Crippen molar-refractivity contribution in [2.45, 2.75) is 37.0 Å². The minimum absolute atomic E-state index is 0.124. The normalized spacial score (nSPS) is 21.3. The van der Waals surface area contributed by atoms with Crippen LogP contribution < -0.4 is 5.32 Å². The SMILES string of the molecule is CO[C@@](C(=O)N1CCC2(CCNC[C@@H]2c2ccccc2-c2cnn(C)c2)CC1)(c1ccccc1)C(F)(F)F. The Labute approximate surface area is 220 Å². The van der Waals surface area contributed by atoms with Crippen LogP contribution in [0.3, 0.4) is 0 Å². The largest absolute Gasteiger partial charge is 0.430 e. The number of likely N-dealkylation sites (tertiary alicyclic amines) is 1. The van der Waals surface area contributed by atoms with E-state index in [0.717, 1.165) is 37.7 Å². The molecule has 38 heavy (non-hydrogen) atoms. The number of aryl methyl sites for hydroxylation is 1. The predicted octanol–water partition coefficient (Wildman–Crippen LogP) is 4.88. The third-order valence-corrected chi connectivity index (χ3v) is 8.47. The van der Waals surface area contributed by atoms with Gasteiger partial charge in [-0.25, -0.2) is 0 Å². The minimum Gasteiger partial charge on any atom is -0.356 e. The van der Waals surface area contributed by atoms with E-state index in [0.29, 0.717) is 12.8 Å². The Morgan fingerprint density at radius 2 is 1.74 bits per heavy atom. The van der Waals surface area contributed by atoms with Gasteiger partial charge in [0, 0.05) is 57.0 Å². The number of aromatic nitrogens is 2. The molecule has 2 saturated heterocycles. The van der Waals surface area contributed by atoms with Crippen LogP contribution in [-0.4, -0.2) is 60.1 Å². The Balaban J connectivity index is 1.44. The summed E-state index contributed by atoms with van der Waals surface area (Å²) in [6.07, 6.45) is 1.09. The van der Waals surface area contributed by atoms with Crippen molar-refractivity contribution in [3.63, 3.8) is 0 Å². The number of nitrogens with zero attached hydrogens (tertiary/aromatic N) is 3. The van der Waals surface area contributed by atoms with Crippen molar-refractivity contribution in [3.05, 3.63) is 78.1 Å². The fourth-order valence-corrected chi connectivity index (χ4v) is 6.42. The van der Waals surface area contributed by atoms with Crippen molar-refractivity contribution >= 4 is 5.91 Å². The molecule has 1 spiro atoms. The van der Waals surface area contributed by atoms with Gasteiger partial charge in [0.1, 0.15) is 0 Å². The molecule has 1 amide bonds. The molecule has 0 bridgehead atoms. The fourth-order valence-electron chi connectivity index (χ4n) is 6.42. The van der Waals surface area contributed by atoms with Gasteiger partial charge in [0.15, 0.2) is 0 Å². The van der Waals surface area contributed by atoms with Crippen molar-refractivity contribution in [1.82, 2.24) is 20.0 Å². The molecule has 2 atom stereocenters. The first-order valence-electron chi connectivity index (χ1n) is 13.0. The molecular weight excluding hydrogens is 493 g/mol. The van der Waals surface area contributed by atoms with Crippen molar-refractivity contribution in [1.29, 1.82) is 0 Å². The van der Waals surface area contributed by atoms with Gasteiger partial charge < -0.3 is 15.0 Å². The first-order valence-corrected chi connectivity index (χ1v) is 13.0. The first-order chi connectivity index (χ1) is 18.2. The molecule has 0 unspecified atom stereocenters. The number of hydrogen-bond acceptors (Lipinski definition) is 4. The zero-order valence-electron chi connectivity index (χ0n) is 21.7. The number of rotatable bonds is 5. The molecule has 2 fully saturated rings. The third kappa shape index (κ3) is 4.41. The standard InChI is InChI=1S/C29H33F3N4O2/c1-35-20-21(18-34-35)23-10-6-7-11-24(23)25-19-33-15-12-27(25)13-16-36(17-14-27)26(37)28(38-2,29(30,31)32)22-8-4-3-5-9-22/h3-11,18,20,25,33H,12-17,19H2,1-2H3/t25-,28-/m1/s1. The number of ether oxygens (including phenoxy) is 1. The molecule has 1 aromatic heterocycles. The highest BCUT2D eigenvalue weighted by Gasteiger charge is 2.64. The van der Waals surface area contributed by atoms with E-state index in [4.69, 9.17) is 4.74 Å². The van der Waals surface area contributed by atoms with Crippen LogP contribution in [0.5, 0.6) is 0 Å². The summed E-state index contributed by atoms with van der Waals surface area (Å²) in [6.45, 7) is 2.12. The summed E-state index contributed by atoms with van der Waals surface area (Å²) in [7, 11) is 2.85. The van der Waals surface area contributed by atoms with Gasteiger partial charge in [0.05, 0.1) is 6.20 Å². The summed E-state index contributed by atoms with van der Waals surface area (Å²) < 4.78 is 50.4. The van der Waals surface area contributed by atoms with Crippen LogP contribution in [0.1, 0.15) is 36.3 Å². The number of nitrogens with one attached hydrogen (secondary N) is 1. The second-order valence-electron chi connectivity index (χ2n) is 10.4. The molecule has 3 aromatic rings. The van der Waals surface area contributed by atoms with E-state index in [1.807, 2.05) is 31.6 Å². The molecule has 0 radical (unpaired) electrons. The van der Waals surface area contributed by atoms with E-state index >= 15 is 0 Å². The van der Waals surface area contributed by atoms with E-state index in [1.165, 1.54) is 34.7 Å². The lowest BCUT2D eigenvalue weighted by Crippen LogP contribution is -2.59. The summed E-state index contributed by atoms with van der Waals surface area (Å²) in [5.74, 6) is -0.886. The fraction of sp³-hybridized carbons (Fsp3) is 0.448. The second kappa shape index (κ2) is 10.2. The molecule has 3 heterocycles. The summed E-state index contributed by atoms with van der Waals surface area (Å²) >= 11 is 0. The second-order valence-corrected chi connectivity index (χ2v) is 10.4. The number of carbonyl (C=O) groups is 1. The highest BCUT2D eigenvalue weighted by molar-refractivity contribution is 5.88. The van der Waals surface area contributed by atoms with E-state index in [9.17, 15) is 18.0 Å². The summed E-state index contributed by atoms with van der Waals surface area (Å²) in [4.78, 5) is 15.0. The Morgan fingerprint density at radius 3 is 2.37 bits per heavy atom. The van der Waals surface area contributed by atoms with Crippen LogP contribution in [0.2, 0.25) is 0 Å². The van der Waals surface area contributed by atoms with Gasteiger partial charge in [0.25, 0.3) is 11.5 Å². The Kier molecular flexibility index (Phi) is 7.09. The van der Waals surface area contributed by atoms with E-state index in [-0.39, 0.29) is 30.0 Å². The zero-order valence-corrected chi connectivity index (χ0v) is 21.7. The number of methoxy groups -OCH3 is 1.